The van der Waals surface area contributed by atoms with E-state index in [0.29, 0.717) is 39.4 Å². The maximum Gasteiger partial charge on any atom is 0.316 e. The molecule has 0 saturated heterocycles. The largest absolute Gasteiger partial charge is 0.504 e. The number of anilines is 2. The topological polar surface area (TPSA) is 209 Å². The fraction of sp³-hybridized carbons (Fsp3) is 0.108. The predicted molar refractivity (Wildman–Crippen MR) is 222 cm³/mol. The number of aromatic amines is 1. The SMILES string of the molecule is CCOc1nn2[nH]c(-c3ccc(C)cc3)nc2c1Sc1ccccc1NS(=O)Oc1cc(Cl)c(-n2ncc(C#N)c2N=Nc2cc(Cl)c(O)c(NC(C)=O)c2)cc1Cl. The molecule has 0 radical (unpaired) electrons. The average Bonchev–Trinajstić information content (AvgIpc) is 3.88. The van der Waals surface area contributed by atoms with Crippen molar-refractivity contribution in [2.75, 3.05) is 16.6 Å². The fourth-order valence-electron chi connectivity index (χ4n) is 5.36. The Morgan fingerprint density at radius 2 is 1.83 bits per heavy atom. The van der Waals surface area contributed by atoms with E-state index in [2.05, 4.69) is 35.6 Å². The highest BCUT2D eigenvalue weighted by molar-refractivity contribution is 7.99. The molecule has 4 N–H and O–H groups in total. The van der Waals surface area contributed by atoms with Gasteiger partial charge in [-0.3, -0.25) is 14.6 Å². The number of halogens is 3. The van der Waals surface area contributed by atoms with Gasteiger partial charge in [0, 0.05) is 23.4 Å². The van der Waals surface area contributed by atoms with Crippen LogP contribution in [0.4, 0.5) is 22.9 Å². The van der Waals surface area contributed by atoms with Crippen molar-refractivity contribution in [2.45, 2.75) is 30.6 Å². The first-order chi connectivity index (χ1) is 27.9. The van der Waals surface area contributed by atoms with Crippen LogP contribution in [0.15, 0.2) is 99.0 Å². The molecule has 7 rings (SSSR count). The third kappa shape index (κ3) is 8.58. The number of ether oxygens (including phenoxy) is 1. The highest BCUT2D eigenvalue weighted by Crippen LogP contribution is 2.42. The number of azo groups is 1. The van der Waals surface area contributed by atoms with Crippen molar-refractivity contribution in [2.24, 2.45) is 10.2 Å². The number of carbonyl (C=O) groups excluding carboxylic acids is 1. The number of para-hydroxylation sites is 1. The van der Waals surface area contributed by atoms with Gasteiger partial charge < -0.3 is 19.3 Å². The number of hydrogen-bond donors (Lipinski definition) is 4. The minimum atomic E-state index is -2.18. The zero-order valence-electron chi connectivity index (χ0n) is 30.3. The second-order valence-electron chi connectivity index (χ2n) is 12.1. The molecule has 0 aliphatic carbocycles. The van der Waals surface area contributed by atoms with E-state index in [1.807, 2.05) is 56.3 Å². The van der Waals surface area contributed by atoms with E-state index in [4.69, 9.17) is 48.7 Å². The summed E-state index contributed by atoms with van der Waals surface area (Å²) in [5.74, 6) is 0.160. The van der Waals surface area contributed by atoms with Gasteiger partial charge in [-0.05, 0) is 44.2 Å². The standard InChI is InChI=1S/C37H28Cl3N11O5S2/c1-4-55-37-33(36-44-34(47-51(36)48-37)21-11-9-19(2)10-12-21)57-31-8-6-5-7-27(31)49-58(54)56-30-16-24(38)29(15-25(30)39)50-35(22(17-41)18-42-50)46-45-23-13-26(40)32(53)28(14-23)43-20(3)52/h5-16,18,49,53H,4H2,1-3H3,(H,43,52)(H,44,47). The number of rotatable bonds is 13. The number of carbonyl (C=O) groups is 1. The molecule has 16 nitrogen and oxygen atoms in total. The van der Waals surface area contributed by atoms with E-state index in [1.54, 1.807) is 16.8 Å². The summed E-state index contributed by atoms with van der Waals surface area (Å²) < 4.78 is 30.7. The second-order valence-corrected chi connectivity index (χ2v) is 15.2. The molecule has 4 aromatic carbocycles. The van der Waals surface area contributed by atoms with Gasteiger partial charge >= 0.3 is 11.3 Å². The van der Waals surface area contributed by atoms with Crippen LogP contribution in [0.25, 0.3) is 22.7 Å². The van der Waals surface area contributed by atoms with E-state index in [1.165, 1.54) is 53.8 Å². The van der Waals surface area contributed by atoms with Gasteiger partial charge in [-0.15, -0.1) is 20.0 Å². The third-order valence-corrected chi connectivity index (χ3v) is 10.7. The number of phenolic OH excluding ortho intramolecular Hbond substituents is 1. The molecule has 3 heterocycles. The molecular formula is C37H28Cl3N11O5S2. The molecule has 0 aliphatic rings. The van der Waals surface area contributed by atoms with Gasteiger partial charge in [-0.25, -0.2) is 9.67 Å². The molecular weight excluding hydrogens is 849 g/mol. The van der Waals surface area contributed by atoms with Crippen molar-refractivity contribution < 1.29 is 23.0 Å². The number of aromatic hydroxyl groups is 1. The van der Waals surface area contributed by atoms with Crippen LogP contribution in [-0.2, 0) is 16.1 Å². The summed E-state index contributed by atoms with van der Waals surface area (Å²) in [4.78, 5) is 17.7. The monoisotopic (exact) mass is 875 g/mol. The van der Waals surface area contributed by atoms with Crippen LogP contribution in [0.1, 0.15) is 25.0 Å². The Hall–Kier alpha value is -6.10. The molecule has 1 atom stereocenters. The summed E-state index contributed by atoms with van der Waals surface area (Å²) in [5, 5.41) is 42.7. The molecule has 58 heavy (non-hydrogen) atoms. The summed E-state index contributed by atoms with van der Waals surface area (Å²) in [6.07, 6.45) is 1.26. The third-order valence-electron chi connectivity index (χ3n) is 8.00. The number of aromatic nitrogens is 6. The van der Waals surface area contributed by atoms with Crippen molar-refractivity contribution in [1.29, 1.82) is 5.26 Å². The lowest BCUT2D eigenvalue weighted by Crippen LogP contribution is -2.12. The average molecular weight is 877 g/mol. The van der Waals surface area contributed by atoms with Gasteiger partial charge in [0.15, 0.2) is 28.8 Å². The van der Waals surface area contributed by atoms with Crippen molar-refractivity contribution in [3.63, 3.8) is 0 Å². The molecule has 21 heteroatoms. The lowest BCUT2D eigenvalue weighted by molar-refractivity contribution is -0.114. The highest BCUT2D eigenvalue weighted by Gasteiger charge is 2.23. The van der Waals surface area contributed by atoms with Gasteiger partial charge in [0.1, 0.15) is 16.5 Å². The number of nitrogens with one attached hydrogen (secondary N) is 3. The normalized spacial score (nSPS) is 11.8. The molecule has 0 saturated carbocycles. The first-order valence-electron chi connectivity index (χ1n) is 16.9. The van der Waals surface area contributed by atoms with Gasteiger partial charge in [0.2, 0.25) is 5.91 Å². The summed E-state index contributed by atoms with van der Waals surface area (Å²) in [6.45, 7) is 5.51. The zero-order valence-corrected chi connectivity index (χ0v) is 34.2. The van der Waals surface area contributed by atoms with Crippen LogP contribution in [-0.4, -0.2) is 51.4 Å². The molecule has 3 aromatic heterocycles. The number of nitriles is 1. The van der Waals surface area contributed by atoms with Crippen LogP contribution in [0, 0.1) is 18.3 Å². The zero-order chi connectivity index (χ0) is 41.1. The maximum atomic E-state index is 13.4. The van der Waals surface area contributed by atoms with Crippen LogP contribution in [0.5, 0.6) is 17.4 Å². The smallest absolute Gasteiger partial charge is 0.316 e. The Morgan fingerprint density at radius 3 is 2.57 bits per heavy atom. The van der Waals surface area contributed by atoms with Crippen LogP contribution in [0.2, 0.25) is 15.1 Å². The van der Waals surface area contributed by atoms with Gasteiger partial charge in [-0.1, -0.05) is 88.5 Å². The minimum Gasteiger partial charge on any atom is -0.504 e. The van der Waals surface area contributed by atoms with E-state index in [9.17, 15) is 19.4 Å². The molecule has 7 aromatic rings. The predicted octanol–water partition coefficient (Wildman–Crippen LogP) is 9.75. The summed E-state index contributed by atoms with van der Waals surface area (Å²) in [6, 6.07) is 22.5. The first-order valence-corrected chi connectivity index (χ1v) is 20.0. The quantitative estimate of drug-likeness (QED) is 0.0636. The maximum absolute atomic E-state index is 13.4. The molecule has 0 fully saturated rings. The molecule has 1 unspecified atom stereocenters. The Balaban J connectivity index is 1.11. The number of amides is 1. The fourth-order valence-corrected chi connectivity index (χ4v) is 7.82. The molecule has 294 valence electrons. The summed E-state index contributed by atoms with van der Waals surface area (Å²) >= 11 is 18.6. The number of H-pyrrole nitrogens is 1. The van der Waals surface area contributed by atoms with Gasteiger partial charge in [0.05, 0.1) is 50.6 Å². The summed E-state index contributed by atoms with van der Waals surface area (Å²) in [7, 11) is 0. The Morgan fingerprint density at radius 1 is 1.05 bits per heavy atom. The molecule has 0 bridgehead atoms. The van der Waals surface area contributed by atoms with Crippen molar-refractivity contribution >= 4 is 92.3 Å². The molecule has 1 amide bonds. The second kappa shape index (κ2) is 17.2. The van der Waals surface area contributed by atoms with E-state index < -0.39 is 17.2 Å². The molecule has 0 spiro atoms. The van der Waals surface area contributed by atoms with Gasteiger partial charge in [0.25, 0.3) is 5.88 Å². The van der Waals surface area contributed by atoms with E-state index in [-0.39, 0.29) is 55.0 Å². The summed E-state index contributed by atoms with van der Waals surface area (Å²) in [5.41, 5.74) is 3.42. The number of fused-ring (bicyclic) bond motifs is 1. The van der Waals surface area contributed by atoms with Gasteiger partial charge in [-0.2, -0.15) is 14.6 Å². The van der Waals surface area contributed by atoms with Crippen LogP contribution < -0.4 is 19.0 Å². The number of aryl methyl sites for hydroxylation is 1. The number of hydrogen-bond acceptors (Lipinski definition) is 12. The Labute approximate surface area is 351 Å². The van der Waals surface area contributed by atoms with Crippen LogP contribution >= 0.6 is 46.6 Å². The minimum absolute atomic E-state index is 0.00548. The molecule has 0 aliphatic heterocycles. The number of benzene rings is 4. The van der Waals surface area contributed by atoms with E-state index in [0.717, 1.165) is 11.1 Å². The first kappa shape index (κ1) is 40.1. The number of phenols is 1. The van der Waals surface area contributed by atoms with Crippen LogP contribution in [0.3, 0.4) is 0 Å². The highest BCUT2D eigenvalue weighted by atomic mass is 35.5. The van der Waals surface area contributed by atoms with Crippen molar-refractivity contribution in [3.8, 4) is 40.5 Å². The van der Waals surface area contributed by atoms with Crippen molar-refractivity contribution in [1.82, 2.24) is 29.6 Å². The lowest BCUT2D eigenvalue weighted by atomic mass is 10.1. The number of nitrogens with zero attached hydrogens (tertiary/aromatic N) is 8. The van der Waals surface area contributed by atoms with Crippen molar-refractivity contribution in [3.05, 3.63) is 105 Å². The van der Waals surface area contributed by atoms with E-state index >= 15 is 0 Å². The Bertz CT molecular complexity index is 2800. The Kier molecular flexibility index (Phi) is 11.9. The lowest BCUT2D eigenvalue weighted by Gasteiger charge is -2.13.